The molecular weight excluding hydrogens is 366 g/mol. The SMILES string of the molecule is Cc1ccccc1-n1nc(C(=O)N2CC(C(=O)O)c3ccccc32)c2c1CCC2. The lowest BCUT2D eigenvalue weighted by Crippen LogP contribution is -2.32. The number of nitrogens with zero attached hydrogens (tertiary/aromatic N) is 3. The van der Waals surface area contributed by atoms with Gasteiger partial charge in [-0.2, -0.15) is 5.10 Å². The van der Waals surface area contributed by atoms with Gasteiger partial charge < -0.3 is 10.0 Å². The molecule has 1 amide bonds. The molecule has 6 heteroatoms. The number of hydrogen-bond donors (Lipinski definition) is 1. The van der Waals surface area contributed by atoms with Crippen LogP contribution in [0.2, 0.25) is 0 Å². The second-order valence-electron chi connectivity index (χ2n) is 7.69. The number of carbonyl (C=O) groups excluding carboxylic acids is 1. The molecule has 2 aromatic carbocycles. The largest absolute Gasteiger partial charge is 0.481 e. The molecule has 0 spiro atoms. The van der Waals surface area contributed by atoms with Crippen molar-refractivity contribution in [3.8, 4) is 5.69 Å². The number of para-hydroxylation sites is 2. The summed E-state index contributed by atoms with van der Waals surface area (Å²) in [5.74, 6) is -1.84. The minimum atomic E-state index is -0.914. The molecule has 6 nitrogen and oxygen atoms in total. The van der Waals surface area contributed by atoms with Crippen molar-refractivity contribution in [2.45, 2.75) is 32.1 Å². The molecule has 3 aromatic rings. The number of amides is 1. The minimum Gasteiger partial charge on any atom is -0.481 e. The van der Waals surface area contributed by atoms with Gasteiger partial charge in [-0.1, -0.05) is 36.4 Å². The van der Waals surface area contributed by atoms with E-state index in [0.717, 1.165) is 41.8 Å². The molecule has 0 saturated heterocycles. The first kappa shape index (κ1) is 17.7. The fourth-order valence-electron chi connectivity index (χ4n) is 4.55. The summed E-state index contributed by atoms with van der Waals surface area (Å²) in [4.78, 5) is 26.8. The summed E-state index contributed by atoms with van der Waals surface area (Å²) in [5, 5.41) is 14.3. The number of aliphatic carboxylic acids is 1. The Bertz CT molecular complexity index is 1150. The van der Waals surface area contributed by atoms with Crippen LogP contribution < -0.4 is 4.90 Å². The van der Waals surface area contributed by atoms with Gasteiger partial charge in [0.1, 0.15) is 5.92 Å². The van der Waals surface area contributed by atoms with Gasteiger partial charge in [-0.3, -0.25) is 9.59 Å². The molecule has 1 unspecified atom stereocenters. The maximum atomic E-state index is 13.5. The Hall–Kier alpha value is -3.41. The molecule has 1 atom stereocenters. The van der Waals surface area contributed by atoms with Crippen LogP contribution >= 0.6 is 0 Å². The van der Waals surface area contributed by atoms with Gasteiger partial charge in [-0.05, 0) is 49.4 Å². The second-order valence-corrected chi connectivity index (χ2v) is 7.69. The fraction of sp³-hybridized carbons (Fsp3) is 0.261. The van der Waals surface area contributed by atoms with E-state index < -0.39 is 11.9 Å². The molecule has 1 aliphatic carbocycles. The summed E-state index contributed by atoms with van der Waals surface area (Å²) in [6.45, 7) is 2.17. The number of hydrogen-bond acceptors (Lipinski definition) is 3. The number of carbonyl (C=O) groups is 2. The predicted molar refractivity (Wildman–Crippen MR) is 109 cm³/mol. The van der Waals surface area contributed by atoms with E-state index in [2.05, 4.69) is 0 Å². The van der Waals surface area contributed by atoms with Crippen molar-refractivity contribution in [3.63, 3.8) is 0 Å². The van der Waals surface area contributed by atoms with Crippen molar-refractivity contribution in [2.24, 2.45) is 0 Å². The van der Waals surface area contributed by atoms with Gasteiger partial charge in [-0.25, -0.2) is 4.68 Å². The van der Waals surface area contributed by atoms with Crippen LogP contribution in [0.25, 0.3) is 5.69 Å². The van der Waals surface area contributed by atoms with E-state index in [1.807, 2.05) is 54.1 Å². The average molecular weight is 387 g/mol. The number of carboxylic acids is 1. The molecule has 1 N–H and O–H groups in total. The monoisotopic (exact) mass is 387 g/mol. The summed E-state index contributed by atoms with van der Waals surface area (Å²) < 4.78 is 1.90. The van der Waals surface area contributed by atoms with Crippen LogP contribution in [0, 0.1) is 6.92 Å². The third kappa shape index (κ3) is 2.67. The van der Waals surface area contributed by atoms with Crippen LogP contribution in [0.15, 0.2) is 48.5 Å². The van der Waals surface area contributed by atoms with Gasteiger partial charge in [-0.15, -0.1) is 0 Å². The molecule has 1 aromatic heterocycles. The summed E-state index contributed by atoms with van der Waals surface area (Å²) in [5.41, 5.74) is 5.96. The minimum absolute atomic E-state index is 0.138. The van der Waals surface area contributed by atoms with E-state index in [1.165, 1.54) is 0 Å². The Balaban J connectivity index is 1.59. The van der Waals surface area contributed by atoms with Crippen molar-refractivity contribution in [3.05, 3.63) is 76.6 Å². The van der Waals surface area contributed by atoms with Gasteiger partial charge in [0.15, 0.2) is 5.69 Å². The first-order valence-electron chi connectivity index (χ1n) is 9.86. The van der Waals surface area contributed by atoms with Crippen molar-refractivity contribution < 1.29 is 14.7 Å². The van der Waals surface area contributed by atoms with Crippen molar-refractivity contribution in [1.82, 2.24) is 9.78 Å². The van der Waals surface area contributed by atoms with E-state index >= 15 is 0 Å². The molecule has 0 fully saturated rings. The highest BCUT2D eigenvalue weighted by atomic mass is 16.4. The molecule has 2 aliphatic rings. The van der Waals surface area contributed by atoms with Gasteiger partial charge >= 0.3 is 5.97 Å². The van der Waals surface area contributed by atoms with Crippen LogP contribution in [0.1, 0.15) is 45.2 Å². The Morgan fingerprint density at radius 2 is 1.76 bits per heavy atom. The molecule has 29 heavy (non-hydrogen) atoms. The third-order valence-electron chi connectivity index (χ3n) is 5.99. The highest BCUT2D eigenvalue weighted by Crippen LogP contribution is 2.38. The van der Waals surface area contributed by atoms with E-state index in [0.29, 0.717) is 16.9 Å². The lowest BCUT2D eigenvalue weighted by Gasteiger charge is -2.16. The molecule has 0 saturated carbocycles. The Morgan fingerprint density at radius 3 is 2.52 bits per heavy atom. The van der Waals surface area contributed by atoms with E-state index in [9.17, 15) is 14.7 Å². The standard InChI is InChI=1S/C23H21N3O3/c1-14-7-2-4-10-18(14)26-20-12-6-9-16(20)21(24-26)22(27)25-13-17(23(28)29)15-8-3-5-11-19(15)25/h2-5,7-8,10-11,17H,6,9,12-13H2,1H3,(H,28,29). The lowest BCUT2D eigenvalue weighted by molar-refractivity contribution is -0.138. The van der Waals surface area contributed by atoms with Gasteiger partial charge in [0, 0.05) is 23.5 Å². The molecule has 0 radical (unpaired) electrons. The van der Waals surface area contributed by atoms with Gasteiger partial charge in [0.2, 0.25) is 0 Å². The number of fused-ring (bicyclic) bond motifs is 2. The highest BCUT2D eigenvalue weighted by Gasteiger charge is 2.39. The Morgan fingerprint density at radius 1 is 1.03 bits per heavy atom. The molecular formula is C23H21N3O3. The van der Waals surface area contributed by atoms with Crippen molar-refractivity contribution in [1.29, 1.82) is 0 Å². The quantitative estimate of drug-likeness (QED) is 0.746. The first-order valence-corrected chi connectivity index (χ1v) is 9.86. The van der Waals surface area contributed by atoms with Gasteiger partial charge in [0.05, 0.1) is 5.69 Å². The normalized spacial score (nSPS) is 17.3. The highest BCUT2D eigenvalue weighted by molar-refractivity contribution is 6.08. The Kier molecular flexibility index (Phi) is 4.01. The van der Waals surface area contributed by atoms with Crippen LogP contribution in [0.3, 0.4) is 0 Å². The summed E-state index contributed by atoms with van der Waals surface area (Å²) in [6, 6.07) is 15.3. The third-order valence-corrected chi connectivity index (χ3v) is 5.99. The topological polar surface area (TPSA) is 75.4 Å². The second kappa shape index (κ2) is 6.58. The summed E-state index contributed by atoms with van der Waals surface area (Å²) >= 11 is 0. The first-order chi connectivity index (χ1) is 14.1. The Labute approximate surface area is 168 Å². The molecule has 5 rings (SSSR count). The van der Waals surface area contributed by atoms with E-state index in [4.69, 9.17) is 5.10 Å². The van der Waals surface area contributed by atoms with Crippen molar-refractivity contribution >= 4 is 17.6 Å². The van der Waals surface area contributed by atoms with Crippen LogP contribution in [-0.2, 0) is 17.6 Å². The summed E-state index contributed by atoms with van der Waals surface area (Å²) in [7, 11) is 0. The molecule has 2 heterocycles. The zero-order valence-electron chi connectivity index (χ0n) is 16.1. The number of aryl methyl sites for hydroxylation is 1. The van der Waals surface area contributed by atoms with E-state index in [1.54, 1.807) is 11.0 Å². The molecule has 0 bridgehead atoms. The number of aromatic nitrogens is 2. The number of anilines is 1. The number of carboxylic acid groups (broad SMARTS) is 1. The molecule has 1 aliphatic heterocycles. The van der Waals surface area contributed by atoms with Crippen molar-refractivity contribution in [2.75, 3.05) is 11.4 Å². The average Bonchev–Trinajstić information content (AvgIpc) is 3.41. The molecule has 146 valence electrons. The lowest BCUT2D eigenvalue weighted by atomic mass is 10.0. The number of rotatable bonds is 3. The van der Waals surface area contributed by atoms with E-state index in [-0.39, 0.29) is 12.5 Å². The zero-order valence-corrected chi connectivity index (χ0v) is 16.1. The predicted octanol–water partition coefficient (Wildman–Crippen LogP) is 3.50. The number of benzene rings is 2. The van der Waals surface area contributed by atoms with Crippen LogP contribution in [-0.4, -0.2) is 33.3 Å². The van der Waals surface area contributed by atoms with Gasteiger partial charge in [0.25, 0.3) is 5.91 Å². The summed E-state index contributed by atoms with van der Waals surface area (Å²) in [6.07, 6.45) is 2.70. The maximum absolute atomic E-state index is 13.5. The zero-order chi connectivity index (χ0) is 20.1. The van der Waals surface area contributed by atoms with Crippen LogP contribution in [0.4, 0.5) is 5.69 Å². The fourth-order valence-corrected chi connectivity index (χ4v) is 4.55. The maximum Gasteiger partial charge on any atom is 0.312 e. The van der Waals surface area contributed by atoms with Crippen LogP contribution in [0.5, 0.6) is 0 Å². The smallest absolute Gasteiger partial charge is 0.312 e.